The van der Waals surface area contributed by atoms with Gasteiger partial charge in [-0.15, -0.1) is 0 Å². The van der Waals surface area contributed by atoms with E-state index >= 15 is 0 Å². The predicted molar refractivity (Wildman–Crippen MR) is 82.4 cm³/mol. The monoisotopic (exact) mass is 326 g/mol. The highest BCUT2D eigenvalue weighted by Gasteiger charge is 2.24. The minimum Gasteiger partial charge on any atom is -0.481 e. The molecule has 0 aliphatic rings. The molecular formula is C14H18N2O5S. The van der Waals surface area contributed by atoms with E-state index in [0.717, 1.165) is 5.56 Å². The molecule has 22 heavy (non-hydrogen) atoms. The second-order valence-electron chi connectivity index (χ2n) is 4.60. The van der Waals surface area contributed by atoms with Crippen LogP contribution in [0.1, 0.15) is 12.0 Å². The van der Waals surface area contributed by atoms with Gasteiger partial charge in [0.05, 0.1) is 12.5 Å². The van der Waals surface area contributed by atoms with Crippen LogP contribution in [-0.2, 0) is 20.1 Å². The van der Waals surface area contributed by atoms with Gasteiger partial charge in [-0.05, 0) is 5.56 Å². The number of hydrogen-bond donors (Lipinski definition) is 4. The topological polar surface area (TPSA) is 130 Å². The average molecular weight is 326 g/mol. The normalized spacial score (nSPS) is 13.1. The lowest BCUT2D eigenvalue weighted by atomic mass is 10.2. The maximum absolute atomic E-state index is 11.7. The number of nitrogens with one attached hydrogen (secondary N) is 1. The predicted octanol–water partition coefficient (Wildman–Crippen LogP) is 0.291. The number of carboxylic acids is 2. The van der Waals surface area contributed by atoms with Crippen molar-refractivity contribution >= 4 is 29.6 Å². The van der Waals surface area contributed by atoms with Gasteiger partial charge < -0.3 is 21.3 Å². The molecule has 1 amide bonds. The van der Waals surface area contributed by atoms with Crippen LogP contribution in [0.4, 0.5) is 0 Å². The minimum atomic E-state index is -1.27. The number of nitrogens with two attached hydrogens (primary N) is 1. The molecule has 0 aromatic heterocycles. The first-order chi connectivity index (χ1) is 10.4. The van der Waals surface area contributed by atoms with E-state index in [1.54, 1.807) is 0 Å². The molecule has 1 aromatic rings. The summed E-state index contributed by atoms with van der Waals surface area (Å²) in [5, 5.41) is 19.9. The van der Waals surface area contributed by atoms with E-state index in [1.807, 2.05) is 30.3 Å². The zero-order chi connectivity index (χ0) is 16.5. The van der Waals surface area contributed by atoms with Gasteiger partial charge in [0.15, 0.2) is 0 Å². The van der Waals surface area contributed by atoms with Crippen molar-refractivity contribution in [3.8, 4) is 0 Å². The van der Waals surface area contributed by atoms with Crippen LogP contribution in [0, 0.1) is 0 Å². The molecule has 1 aromatic carbocycles. The Bertz CT molecular complexity index is 523. The smallest absolute Gasteiger partial charge is 0.327 e. The molecular weight excluding hydrogens is 308 g/mol. The Labute approximate surface area is 131 Å². The quantitative estimate of drug-likeness (QED) is 0.513. The second kappa shape index (κ2) is 9.06. The summed E-state index contributed by atoms with van der Waals surface area (Å²) in [5.41, 5.74) is 6.44. The Morgan fingerprint density at radius 1 is 1.18 bits per heavy atom. The van der Waals surface area contributed by atoms with Crippen LogP contribution < -0.4 is 11.1 Å². The van der Waals surface area contributed by atoms with Crippen LogP contribution in [0.3, 0.4) is 0 Å². The highest BCUT2D eigenvalue weighted by molar-refractivity contribution is 7.98. The van der Waals surface area contributed by atoms with Gasteiger partial charge in [0, 0.05) is 11.5 Å². The van der Waals surface area contributed by atoms with Crippen molar-refractivity contribution in [3.05, 3.63) is 35.9 Å². The molecule has 0 spiro atoms. The Kier molecular flexibility index (Phi) is 7.41. The van der Waals surface area contributed by atoms with Gasteiger partial charge in [0.1, 0.15) is 6.04 Å². The number of hydrogen-bond acceptors (Lipinski definition) is 5. The maximum atomic E-state index is 11.7. The van der Waals surface area contributed by atoms with E-state index < -0.39 is 36.4 Å². The van der Waals surface area contributed by atoms with Crippen LogP contribution in [0.25, 0.3) is 0 Å². The molecule has 0 heterocycles. The van der Waals surface area contributed by atoms with Crippen LogP contribution in [-0.4, -0.2) is 45.9 Å². The van der Waals surface area contributed by atoms with Crippen molar-refractivity contribution in [2.75, 3.05) is 5.75 Å². The molecule has 0 saturated carbocycles. The van der Waals surface area contributed by atoms with Crippen LogP contribution in [0.2, 0.25) is 0 Å². The summed E-state index contributed by atoms with van der Waals surface area (Å²) < 4.78 is 0. The Balaban J connectivity index is 2.46. The fourth-order valence-electron chi connectivity index (χ4n) is 1.60. The lowest BCUT2D eigenvalue weighted by molar-refractivity contribution is -0.142. The molecule has 120 valence electrons. The van der Waals surface area contributed by atoms with E-state index in [9.17, 15) is 14.4 Å². The molecule has 0 unspecified atom stereocenters. The van der Waals surface area contributed by atoms with Gasteiger partial charge in [-0.3, -0.25) is 9.59 Å². The van der Waals surface area contributed by atoms with E-state index in [1.165, 1.54) is 11.8 Å². The summed E-state index contributed by atoms with van der Waals surface area (Å²) in [6, 6.07) is 7.13. The summed E-state index contributed by atoms with van der Waals surface area (Å²) in [6.45, 7) is 0. The van der Waals surface area contributed by atoms with Crippen molar-refractivity contribution in [2.45, 2.75) is 24.3 Å². The first kappa shape index (κ1) is 18.0. The van der Waals surface area contributed by atoms with Gasteiger partial charge in [0.2, 0.25) is 5.91 Å². The van der Waals surface area contributed by atoms with E-state index in [0.29, 0.717) is 5.75 Å². The Morgan fingerprint density at radius 3 is 2.36 bits per heavy atom. The van der Waals surface area contributed by atoms with Gasteiger partial charge >= 0.3 is 11.9 Å². The number of aliphatic carboxylic acids is 2. The van der Waals surface area contributed by atoms with Crippen molar-refractivity contribution in [2.24, 2.45) is 5.73 Å². The SMILES string of the molecule is N[C@@H](CC(=O)O)C(=O)N[C@@H](CSCc1ccccc1)C(=O)O. The third-order valence-corrected chi connectivity index (χ3v) is 3.85. The zero-order valence-corrected chi connectivity index (χ0v) is 12.6. The first-order valence-corrected chi connectivity index (χ1v) is 7.68. The molecule has 2 atom stereocenters. The summed E-state index contributed by atoms with van der Waals surface area (Å²) in [4.78, 5) is 33.3. The molecule has 1 rings (SSSR count). The number of carbonyl (C=O) groups is 3. The van der Waals surface area contributed by atoms with Crippen molar-refractivity contribution in [3.63, 3.8) is 0 Å². The number of benzene rings is 1. The third-order valence-electron chi connectivity index (χ3n) is 2.74. The van der Waals surface area contributed by atoms with E-state index in [4.69, 9.17) is 15.9 Å². The van der Waals surface area contributed by atoms with Crippen molar-refractivity contribution in [1.29, 1.82) is 0 Å². The molecule has 0 fully saturated rings. The van der Waals surface area contributed by atoms with Crippen molar-refractivity contribution in [1.82, 2.24) is 5.32 Å². The highest BCUT2D eigenvalue weighted by Crippen LogP contribution is 2.13. The molecule has 0 radical (unpaired) electrons. The lowest BCUT2D eigenvalue weighted by Crippen LogP contribution is -2.50. The minimum absolute atomic E-state index is 0.162. The molecule has 0 aliphatic carbocycles. The summed E-state index contributed by atoms with van der Waals surface area (Å²) in [7, 11) is 0. The molecule has 5 N–H and O–H groups in total. The fourth-order valence-corrected chi connectivity index (χ4v) is 2.61. The Morgan fingerprint density at radius 2 is 1.82 bits per heavy atom. The molecule has 0 bridgehead atoms. The van der Waals surface area contributed by atoms with Gasteiger partial charge in [-0.1, -0.05) is 30.3 Å². The summed E-state index contributed by atoms with van der Waals surface area (Å²) in [5.74, 6) is -2.41. The summed E-state index contributed by atoms with van der Waals surface area (Å²) in [6.07, 6.45) is -0.546. The van der Waals surface area contributed by atoms with E-state index in [-0.39, 0.29) is 5.75 Å². The third kappa shape index (κ3) is 6.59. The van der Waals surface area contributed by atoms with E-state index in [2.05, 4.69) is 5.32 Å². The number of amides is 1. The van der Waals surface area contributed by atoms with Crippen molar-refractivity contribution < 1.29 is 24.6 Å². The standard InChI is InChI=1S/C14H18N2O5S/c15-10(6-12(17)18)13(19)16-11(14(20)21)8-22-7-9-4-2-1-3-5-9/h1-5,10-11H,6-8,15H2,(H,16,19)(H,17,18)(H,20,21)/t10-,11-/m0/s1. The number of carbonyl (C=O) groups excluding carboxylic acids is 1. The van der Waals surface area contributed by atoms with Gasteiger partial charge in [-0.2, -0.15) is 11.8 Å². The first-order valence-electron chi connectivity index (χ1n) is 6.52. The maximum Gasteiger partial charge on any atom is 0.327 e. The lowest BCUT2D eigenvalue weighted by Gasteiger charge is -2.16. The summed E-state index contributed by atoms with van der Waals surface area (Å²) >= 11 is 1.36. The highest BCUT2D eigenvalue weighted by atomic mass is 32.2. The zero-order valence-electron chi connectivity index (χ0n) is 11.8. The molecule has 0 aliphatic heterocycles. The number of thioether (sulfide) groups is 1. The van der Waals surface area contributed by atoms with Gasteiger partial charge in [0.25, 0.3) is 0 Å². The van der Waals surface area contributed by atoms with Crippen LogP contribution in [0.15, 0.2) is 30.3 Å². The number of rotatable bonds is 9. The largest absolute Gasteiger partial charge is 0.481 e. The van der Waals surface area contributed by atoms with Crippen LogP contribution >= 0.6 is 11.8 Å². The Hall–Kier alpha value is -2.06. The van der Waals surface area contributed by atoms with Crippen LogP contribution in [0.5, 0.6) is 0 Å². The molecule has 0 saturated heterocycles. The van der Waals surface area contributed by atoms with Gasteiger partial charge in [-0.25, -0.2) is 4.79 Å². The number of carboxylic acid groups (broad SMARTS) is 2. The molecule has 8 heteroatoms. The average Bonchev–Trinajstić information content (AvgIpc) is 2.46. The molecule has 7 nitrogen and oxygen atoms in total. The fraction of sp³-hybridized carbons (Fsp3) is 0.357. The second-order valence-corrected chi connectivity index (χ2v) is 5.63.